The fourth-order valence-electron chi connectivity index (χ4n) is 5.84. The van der Waals surface area contributed by atoms with Crippen molar-refractivity contribution in [1.29, 1.82) is 0 Å². The molecule has 246 valence electrons. The number of aromatic amines is 1. The molecule has 0 saturated carbocycles. The Hall–Kier alpha value is -4.87. The average molecular weight is 635 g/mol. The van der Waals surface area contributed by atoms with Crippen LogP contribution in [-0.4, -0.2) is 71.9 Å². The number of carbonyl (C=O) groups excluding carboxylic acids is 4. The van der Waals surface area contributed by atoms with E-state index >= 15 is 0 Å². The number of ether oxygens (including phenoxy) is 2. The molecule has 12 heteroatoms. The number of nitrogens with one attached hydrogen (secondary N) is 4. The number of aryl methyl sites for hydroxylation is 1. The lowest BCUT2D eigenvalue weighted by atomic mass is 9.95. The summed E-state index contributed by atoms with van der Waals surface area (Å²) in [6.07, 6.45) is 0.887. The summed E-state index contributed by atoms with van der Waals surface area (Å²) in [6.45, 7) is 8.95. The van der Waals surface area contributed by atoms with Gasteiger partial charge in [0.05, 0.1) is 18.7 Å². The first-order chi connectivity index (χ1) is 21.8. The molecule has 2 unspecified atom stereocenters. The molecule has 3 atom stereocenters. The van der Waals surface area contributed by atoms with Crippen molar-refractivity contribution in [3.05, 3.63) is 58.3 Å². The van der Waals surface area contributed by atoms with Crippen molar-refractivity contribution in [2.24, 2.45) is 11.8 Å². The lowest BCUT2D eigenvalue weighted by molar-refractivity contribution is -0.131. The summed E-state index contributed by atoms with van der Waals surface area (Å²) in [5, 5.41) is 18.7. The maximum Gasteiger partial charge on any atom is 0.336 e. The van der Waals surface area contributed by atoms with Gasteiger partial charge in [-0.05, 0) is 86.9 Å². The topological polar surface area (TPSA) is 176 Å². The number of amides is 3. The Bertz CT molecular complexity index is 1660. The van der Waals surface area contributed by atoms with E-state index in [0.29, 0.717) is 53.1 Å². The highest BCUT2D eigenvalue weighted by atomic mass is 16.5. The molecule has 3 amide bonds. The first kappa shape index (κ1) is 34.0. The molecule has 1 saturated heterocycles. The quantitative estimate of drug-likeness (QED) is 0.179. The third kappa shape index (κ3) is 7.67. The van der Waals surface area contributed by atoms with Crippen molar-refractivity contribution in [2.45, 2.75) is 66.0 Å². The molecule has 0 spiro atoms. The van der Waals surface area contributed by atoms with Gasteiger partial charge in [-0.25, -0.2) is 4.79 Å². The van der Waals surface area contributed by atoms with Gasteiger partial charge in [0.2, 0.25) is 11.8 Å². The van der Waals surface area contributed by atoms with Gasteiger partial charge in [-0.2, -0.15) is 0 Å². The number of hydrogen-bond donors (Lipinski definition) is 5. The number of carboxylic acids is 1. The van der Waals surface area contributed by atoms with Gasteiger partial charge in [0, 0.05) is 23.4 Å². The zero-order valence-corrected chi connectivity index (χ0v) is 27.0. The average Bonchev–Trinajstić information content (AvgIpc) is 3.62. The van der Waals surface area contributed by atoms with Gasteiger partial charge in [0.15, 0.2) is 5.78 Å². The summed E-state index contributed by atoms with van der Waals surface area (Å²) < 4.78 is 11.3. The molecule has 0 aliphatic carbocycles. The zero-order chi connectivity index (χ0) is 33.7. The number of benzene rings is 2. The van der Waals surface area contributed by atoms with Gasteiger partial charge >= 0.3 is 5.97 Å². The summed E-state index contributed by atoms with van der Waals surface area (Å²) in [4.78, 5) is 67.8. The van der Waals surface area contributed by atoms with E-state index < -0.39 is 48.2 Å². The Balaban J connectivity index is 1.53. The van der Waals surface area contributed by atoms with Crippen LogP contribution in [0, 0.1) is 32.6 Å². The molecule has 12 nitrogen and oxygen atoms in total. The normalized spacial score (nSPS) is 15.7. The second kappa shape index (κ2) is 14.5. The second-order valence-corrected chi connectivity index (χ2v) is 12.2. The van der Waals surface area contributed by atoms with Crippen LogP contribution in [0.15, 0.2) is 30.3 Å². The maximum absolute atomic E-state index is 13.7. The fraction of sp³-hybridized carbons (Fsp3) is 0.441. The number of rotatable bonds is 14. The van der Waals surface area contributed by atoms with E-state index in [9.17, 15) is 29.1 Å². The molecular formula is C34H42N4O8. The van der Waals surface area contributed by atoms with Crippen LogP contribution < -0.4 is 25.4 Å². The van der Waals surface area contributed by atoms with Crippen molar-refractivity contribution >= 4 is 40.4 Å². The van der Waals surface area contributed by atoms with Crippen molar-refractivity contribution in [3.63, 3.8) is 0 Å². The molecule has 3 aromatic rings. The summed E-state index contributed by atoms with van der Waals surface area (Å²) in [5.74, 6) is -2.24. The molecule has 5 N–H and O–H groups in total. The smallest absolute Gasteiger partial charge is 0.336 e. The van der Waals surface area contributed by atoms with Crippen LogP contribution in [0.5, 0.6) is 11.5 Å². The minimum Gasteiger partial charge on any atom is -0.496 e. The number of ketones is 1. The minimum atomic E-state index is -1.06. The van der Waals surface area contributed by atoms with Crippen LogP contribution in [0.25, 0.3) is 10.9 Å². The van der Waals surface area contributed by atoms with E-state index in [4.69, 9.17) is 9.47 Å². The van der Waals surface area contributed by atoms with Gasteiger partial charge in [-0.3, -0.25) is 19.2 Å². The van der Waals surface area contributed by atoms with Crippen molar-refractivity contribution in [1.82, 2.24) is 20.9 Å². The number of H-pyrrole nitrogens is 1. The second-order valence-electron chi connectivity index (χ2n) is 12.2. The van der Waals surface area contributed by atoms with Crippen molar-refractivity contribution in [2.75, 3.05) is 20.3 Å². The first-order valence-electron chi connectivity index (χ1n) is 15.3. The molecule has 0 radical (unpaired) electrons. The number of aromatic carboxylic acids is 1. The van der Waals surface area contributed by atoms with E-state index in [0.717, 1.165) is 5.39 Å². The van der Waals surface area contributed by atoms with Gasteiger partial charge in [0.25, 0.3) is 5.91 Å². The summed E-state index contributed by atoms with van der Waals surface area (Å²) in [6, 6.07) is 6.60. The number of carboxylic acid groups (broad SMARTS) is 1. The molecule has 4 rings (SSSR count). The third-order valence-electron chi connectivity index (χ3n) is 8.44. The van der Waals surface area contributed by atoms with E-state index in [2.05, 4.69) is 20.9 Å². The molecule has 1 aromatic heterocycles. The molecule has 2 aromatic carbocycles. The van der Waals surface area contributed by atoms with Crippen LogP contribution in [0.2, 0.25) is 0 Å². The Morgan fingerprint density at radius 2 is 1.76 bits per heavy atom. The molecule has 0 bridgehead atoms. The zero-order valence-electron chi connectivity index (χ0n) is 27.0. The van der Waals surface area contributed by atoms with Crippen LogP contribution in [0.4, 0.5) is 0 Å². The molecule has 2 heterocycles. The molecule has 1 fully saturated rings. The Kier molecular flexibility index (Phi) is 10.7. The molecular weight excluding hydrogens is 592 g/mol. The number of fused-ring (bicyclic) bond motifs is 1. The number of methoxy groups -OCH3 is 1. The Morgan fingerprint density at radius 3 is 2.39 bits per heavy atom. The van der Waals surface area contributed by atoms with Crippen LogP contribution >= 0.6 is 0 Å². The van der Waals surface area contributed by atoms with Crippen LogP contribution in [0.3, 0.4) is 0 Å². The minimum absolute atomic E-state index is 0.0279. The summed E-state index contributed by atoms with van der Waals surface area (Å²) in [7, 11) is 1.54. The number of hydrogen-bond acceptors (Lipinski definition) is 7. The van der Waals surface area contributed by atoms with E-state index in [1.165, 1.54) is 0 Å². The maximum atomic E-state index is 13.7. The lowest BCUT2D eigenvalue weighted by Crippen LogP contribution is -2.53. The third-order valence-corrected chi connectivity index (χ3v) is 8.44. The molecule has 1 aliphatic rings. The summed E-state index contributed by atoms with van der Waals surface area (Å²) in [5.41, 5.74) is 2.74. The largest absolute Gasteiger partial charge is 0.496 e. The Morgan fingerprint density at radius 1 is 1.02 bits per heavy atom. The highest BCUT2D eigenvalue weighted by molar-refractivity contribution is 6.02. The van der Waals surface area contributed by atoms with E-state index in [-0.39, 0.29) is 29.5 Å². The van der Waals surface area contributed by atoms with Gasteiger partial charge in [0.1, 0.15) is 29.8 Å². The molecule has 46 heavy (non-hydrogen) atoms. The predicted octanol–water partition coefficient (Wildman–Crippen LogP) is 3.60. The van der Waals surface area contributed by atoms with E-state index in [1.807, 2.05) is 19.9 Å². The number of carbonyl (C=O) groups is 5. The van der Waals surface area contributed by atoms with Crippen LogP contribution in [-0.2, 0) is 14.4 Å². The number of aromatic nitrogens is 1. The SMILES string of the molecule is COc1cccc2[nH]c(C(=O)NC(CC(C)C)C(=O)NC(C[C@@H]3CCNC3=O)C(=O)COc3cc(C)c(C(=O)O)c(C)c3C)cc12. The van der Waals surface area contributed by atoms with Gasteiger partial charge < -0.3 is 35.5 Å². The van der Waals surface area contributed by atoms with Gasteiger partial charge in [-0.1, -0.05) is 19.9 Å². The standard InChI is InChI=1S/C34H42N4O8/c1-17(2)12-25(38-33(42)26-15-22-23(36-26)8-7-9-28(22)45-6)32(41)37-24(14-21-10-11-35-31(21)40)27(39)16-46-29-13-18(3)30(34(43)44)20(5)19(29)4/h7-9,13,15,17,21,24-25,36H,10-12,14,16H2,1-6H3,(H,35,40)(H,37,41)(H,38,42)(H,43,44)/t21-,24?,25?/m0/s1. The number of Topliss-reactive ketones (excluding diaryl/α,β-unsaturated/α-hetero) is 1. The highest BCUT2D eigenvalue weighted by Crippen LogP contribution is 2.29. The first-order valence-corrected chi connectivity index (χ1v) is 15.3. The Labute approximate surface area is 267 Å². The van der Waals surface area contributed by atoms with Crippen LogP contribution in [0.1, 0.15) is 70.6 Å². The predicted molar refractivity (Wildman–Crippen MR) is 171 cm³/mol. The van der Waals surface area contributed by atoms with Crippen molar-refractivity contribution in [3.8, 4) is 11.5 Å². The summed E-state index contributed by atoms with van der Waals surface area (Å²) >= 11 is 0. The molecule has 1 aliphatic heterocycles. The monoisotopic (exact) mass is 634 g/mol. The van der Waals surface area contributed by atoms with Crippen molar-refractivity contribution < 1.29 is 38.6 Å². The fourth-order valence-corrected chi connectivity index (χ4v) is 5.84. The lowest BCUT2D eigenvalue weighted by Gasteiger charge is -2.25. The van der Waals surface area contributed by atoms with E-state index in [1.54, 1.807) is 52.1 Å². The van der Waals surface area contributed by atoms with Gasteiger partial charge in [-0.15, -0.1) is 0 Å². The highest BCUT2D eigenvalue weighted by Gasteiger charge is 2.34.